The van der Waals surface area contributed by atoms with Crippen LogP contribution in [-0.2, 0) is 25.2 Å². The van der Waals surface area contributed by atoms with Crippen LogP contribution in [0.5, 0.6) is 0 Å². The number of hydrogen-bond acceptors (Lipinski definition) is 3. The van der Waals surface area contributed by atoms with Gasteiger partial charge in [-0.15, -0.1) is 0 Å². The van der Waals surface area contributed by atoms with Crippen molar-refractivity contribution in [1.82, 2.24) is 14.3 Å². The maximum absolute atomic E-state index is 12.7. The summed E-state index contributed by atoms with van der Waals surface area (Å²) in [6.45, 7) is 5.62. The van der Waals surface area contributed by atoms with E-state index >= 15 is 0 Å². The molecular weight excluding hydrogens is 287 g/mol. The third kappa shape index (κ3) is 3.03. The first-order valence-electron chi connectivity index (χ1n) is 6.29. The summed E-state index contributed by atoms with van der Waals surface area (Å²) in [6.07, 6.45) is -3.06. The zero-order valence-electron chi connectivity index (χ0n) is 12.2. The lowest BCUT2D eigenvalue weighted by Crippen LogP contribution is -2.23. The largest absolute Gasteiger partial charge is 0.443 e. The summed E-state index contributed by atoms with van der Waals surface area (Å²) >= 11 is 0. The molecule has 0 spiro atoms. The normalized spacial score (nSPS) is 12.9. The van der Waals surface area contributed by atoms with Crippen LogP contribution >= 0.6 is 0 Å². The highest BCUT2D eigenvalue weighted by molar-refractivity contribution is 5.09. The van der Waals surface area contributed by atoms with Crippen molar-refractivity contribution in [3.8, 4) is 0 Å². The first kappa shape index (κ1) is 15.4. The third-order valence-corrected chi connectivity index (χ3v) is 3.09. The summed E-state index contributed by atoms with van der Waals surface area (Å²) < 4.78 is 45.4. The summed E-state index contributed by atoms with van der Waals surface area (Å²) in [5.41, 5.74) is -2.02. The van der Waals surface area contributed by atoms with Gasteiger partial charge in [0, 0.05) is 18.5 Å². The molecule has 0 amide bonds. The lowest BCUT2D eigenvalue weighted by atomic mass is 9.94. The second-order valence-electron chi connectivity index (χ2n) is 5.82. The van der Waals surface area contributed by atoms with E-state index in [1.165, 1.54) is 13.2 Å². The van der Waals surface area contributed by atoms with Gasteiger partial charge in [-0.05, 0) is 0 Å². The zero-order chi connectivity index (χ0) is 16.0. The second-order valence-corrected chi connectivity index (χ2v) is 5.82. The molecule has 0 saturated carbocycles. The van der Waals surface area contributed by atoms with E-state index < -0.39 is 17.4 Å². The minimum absolute atomic E-state index is 0.151. The number of rotatable bonds is 2. The highest BCUT2D eigenvalue weighted by atomic mass is 19.4. The standard InChI is InChI=1S/C13H16F3N3O2/c1-12(2,3)9-6-17-10(21-9)7-19-11(20)5-8(18(19)4)13(14,15)16/h5-6H,7H2,1-4H3. The van der Waals surface area contributed by atoms with Gasteiger partial charge in [0.15, 0.2) is 0 Å². The molecule has 0 aliphatic heterocycles. The minimum Gasteiger partial charge on any atom is -0.443 e. The Kier molecular flexibility index (Phi) is 3.51. The van der Waals surface area contributed by atoms with Crippen LogP contribution < -0.4 is 5.56 Å². The zero-order valence-corrected chi connectivity index (χ0v) is 12.2. The monoisotopic (exact) mass is 303 g/mol. The van der Waals surface area contributed by atoms with Crippen molar-refractivity contribution in [2.24, 2.45) is 7.05 Å². The molecule has 2 rings (SSSR count). The van der Waals surface area contributed by atoms with E-state index in [1.807, 2.05) is 20.8 Å². The Balaban J connectivity index is 2.35. The molecule has 0 bridgehead atoms. The van der Waals surface area contributed by atoms with Crippen molar-refractivity contribution in [2.45, 2.75) is 38.9 Å². The Hall–Kier alpha value is -1.99. The smallest absolute Gasteiger partial charge is 0.433 e. The fraction of sp³-hybridized carbons (Fsp3) is 0.538. The highest BCUT2D eigenvalue weighted by Gasteiger charge is 2.35. The molecule has 0 unspecified atom stereocenters. The van der Waals surface area contributed by atoms with Gasteiger partial charge in [0.05, 0.1) is 6.20 Å². The molecule has 2 aromatic heterocycles. The molecule has 0 atom stereocenters. The molecular formula is C13H16F3N3O2. The summed E-state index contributed by atoms with van der Waals surface area (Å²) in [4.78, 5) is 15.7. The van der Waals surface area contributed by atoms with Gasteiger partial charge in [-0.2, -0.15) is 13.2 Å². The maximum Gasteiger partial charge on any atom is 0.433 e. The summed E-state index contributed by atoms with van der Waals surface area (Å²) in [5.74, 6) is 0.799. The predicted molar refractivity (Wildman–Crippen MR) is 69.0 cm³/mol. The fourth-order valence-electron chi connectivity index (χ4n) is 1.87. The van der Waals surface area contributed by atoms with Crippen molar-refractivity contribution in [3.63, 3.8) is 0 Å². The molecule has 0 N–H and O–H groups in total. The average Bonchev–Trinajstić information content (AvgIpc) is 2.87. The molecule has 0 aromatic carbocycles. The number of alkyl halides is 3. The Morgan fingerprint density at radius 3 is 2.33 bits per heavy atom. The molecule has 2 aromatic rings. The van der Waals surface area contributed by atoms with Gasteiger partial charge in [-0.25, -0.2) is 9.67 Å². The van der Waals surface area contributed by atoms with Gasteiger partial charge in [-0.3, -0.25) is 9.48 Å². The molecule has 0 radical (unpaired) electrons. The summed E-state index contributed by atoms with van der Waals surface area (Å²) in [5, 5.41) is 0. The number of halogens is 3. The van der Waals surface area contributed by atoms with Gasteiger partial charge in [-0.1, -0.05) is 20.8 Å². The van der Waals surface area contributed by atoms with Gasteiger partial charge < -0.3 is 4.42 Å². The van der Waals surface area contributed by atoms with Gasteiger partial charge >= 0.3 is 6.18 Å². The Bertz CT molecular complexity index is 702. The Morgan fingerprint density at radius 1 is 1.29 bits per heavy atom. The topological polar surface area (TPSA) is 53.0 Å². The van der Waals surface area contributed by atoms with E-state index in [2.05, 4.69) is 4.98 Å². The van der Waals surface area contributed by atoms with Crippen LogP contribution in [0.25, 0.3) is 0 Å². The van der Waals surface area contributed by atoms with Gasteiger partial charge in [0.1, 0.15) is 18.0 Å². The quantitative estimate of drug-likeness (QED) is 0.856. The van der Waals surface area contributed by atoms with E-state index in [9.17, 15) is 18.0 Å². The van der Waals surface area contributed by atoms with E-state index in [0.29, 0.717) is 11.8 Å². The average molecular weight is 303 g/mol. The fourth-order valence-corrected chi connectivity index (χ4v) is 1.87. The Labute approximate surface area is 119 Å². The minimum atomic E-state index is -4.58. The van der Waals surface area contributed by atoms with Crippen LogP contribution in [0.3, 0.4) is 0 Å². The molecule has 21 heavy (non-hydrogen) atoms. The molecule has 116 valence electrons. The van der Waals surface area contributed by atoms with Crippen LogP contribution in [-0.4, -0.2) is 14.3 Å². The molecule has 8 heteroatoms. The van der Waals surface area contributed by atoms with E-state index in [0.717, 1.165) is 9.36 Å². The number of hydrogen-bond donors (Lipinski definition) is 0. The van der Waals surface area contributed by atoms with Crippen molar-refractivity contribution in [1.29, 1.82) is 0 Å². The predicted octanol–water partition coefficient (Wildman–Crippen LogP) is 2.54. The second kappa shape index (κ2) is 4.78. The number of aromatic nitrogens is 3. The lowest BCUT2D eigenvalue weighted by Gasteiger charge is -2.13. The van der Waals surface area contributed by atoms with Crippen LogP contribution in [0, 0.1) is 0 Å². The van der Waals surface area contributed by atoms with E-state index in [-0.39, 0.29) is 17.9 Å². The molecule has 0 fully saturated rings. The molecule has 5 nitrogen and oxygen atoms in total. The molecule has 2 heterocycles. The van der Waals surface area contributed by atoms with Crippen molar-refractivity contribution < 1.29 is 17.6 Å². The van der Waals surface area contributed by atoms with Crippen LogP contribution in [0.1, 0.15) is 38.1 Å². The van der Waals surface area contributed by atoms with Crippen LogP contribution in [0.2, 0.25) is 0 Å². The van der Waals surface area contributed by atoms with Crippen LogP contribution in [0.15, 0.2) is 21.5 Å². The first-order valence-corrected chi connectivity index (χ1v) is 6.29. The molecule has 0 aliphatic carbocycles. The third-order valence-electron chi connectivity index (χ3n) is 3.09. The van der Waals surface area contributed by atoms with Gasteiger partial charge in [0.25, 0.3) is 5.56 Å². The maximum atomic E-state index is 12.7. The summed E-state index contributed by atoms with van der Waals surface area (Å²) in [6, 6.07) is 0.563. The van der Waals surface area contributed by atoms with Crippen molar-refractivity contribution >= 4 is 0 Å². The van der Waals surface area contributed by atoms with E-state index in [1.54, 1.807) is 0 Å². The Morgan fingerprint density at radius 2 is 1.90 bits per heavy atom. The van der Waals surface area contributed by atoms with Gasteiger partial charge in [0.2, 0.25) is 5.89 Å². The highest BCUT2D eigenvalue weighted by Crippen LogP contribution is 2.28. The number of nitrogens with zero attached hydrogens (tertiary/aromatic N) is 3. The summed E-state index contributed by atoms with van der Waals surface area (Å²) in [7, 11) is 1.18. The lowest BCUT2D eigenvalue weighted by molar-refractivity contribution is -0.144. The van der Waals surface area contributed by atoms with Crippen molar-refractivity contribution in [3.05, 3.63) is 40.0 Å². The molecule has 0 saturated heterocycles. The SMILES string of the molecule is Cn1c(C(F)(F)F)cc(=O)n1Cc1ncc(C(C)(C)C)o1. The van der Waals surface area contributed by atoms with E-state index in [4.69, 9.17) is 4.42 Å². The van der Waals surface area contributed by atoms with Crippen molar-refractivity contribution in [2.75, 3.05) is 0 Å². The van der Waals surface area contributed by atoms with Crippen LogP contribution in [0.4, 0.5) is 13.2 Å². The first-order chi connectivity index (χ1) is 9.50. The molecule has 0 aliphatic rings. The number of oxazole rings is 1.